The average molecular weight is 401 g/mol. The summed E-state index contributed by atoms with van der Waals surface area (Å²) in [5.74, 6) is 0. The molecule has 0 aliphatic rings. The van der Waals surface area contributed by atoms with Crippen molar-refractivity contribution < 1.29 is 0 Å². The Morgan fingerprint density at radius 2 is 2.10 bits per heavy atom. The van der Waals surface area contributed by atoms with E-state index in [1.165, 1.54) is 11.1 Å². The third kappa shape index (κ3) is 3.32. The van der Waals surface area contributed by atoms with Crippen LogP contribution in [0.4, 0.5) is 0 Å². The summed E-state index contributed by atoms with van der Waals surface area (Å²) in [6.45, 7) is 5.29. The number of halogens is 2. The maximum atomic E-state index is 4.34. The van der Waals surface area contributed by atoms with E-state index in [4.69, 9.17) is 0 Å². The van der Waals surface area contributed by atoms with Crippen molar-refractivity contribution in [2.75, 3.05) is 6.54 Å². The van der Waals surface area contributed by atoms with Crippen molar-refractivity contribution in [3.63, 3.8) is 0 Å². The van der Waals surface area contributed by atoms with E-state index in [1.54, 1.807) is 0 Å². The molecule has 1 aromatic heterocycles. The fourth-order valence-corrected chi connectivity index (χ4v) is 3.27. The Labute approximate surface area is 137 Å². The molecule has 1 unspecified atom stereocenters. The van der Waals surface area contributed by atoms with Crippen molar-refractivity contribution in [2.24, 2.45) is 7.05 Å². The minimum Gasteiger partial charge on any atom is -0.305 e. The molecule has 0 fully saturated rings. The van der Waals surface area contributed by atoms with E-state index in [0.29, 0.717) is 0 Å². The zero-order valence-electron chi connectivity index (χ0n) is 12.0. The monoisotopic (exact) mass is 399 g/mol. The predicted molar refractivity (Wildman–Crippen MR) is 89.9 cm³/mol. The first-order chi connectivity index (χ1) is 9.54. The minimum atomic E-state index is 0.134. The van der Waals surface area contributed by atoms with E-state index in [9.17, 15) is 0 Å². The van der Waals surface area contributed by atoms with E-state index in [-0.39, 0.29) is 6.04 Å². The summed E-state index contributed by atoms with van der Waals surface area (Å²) >= 11 is 7.19. The Morgan fingerprint density at radius 3 is 2.70 bits per heavy atom. The lowest BCUT2D eigenvalue weighted by molar-refractivity contribution is 0.550. The molecule has 0 amide bonds. The van der Waals surface area contributed by atoms with Gasteiger partial charge in [-0.05, 0) is 59.1 Å². The Bertz CT molecular complexity index is 573. The molecule has 0 bridgehead atoms. The highest BCUT2D eigenvalue weighted by molar-refractivity contribution is 9.10. The molecular formula is C15H19Br2N3. The Kier molecular flexibility index (Phi) is 5.41. The maximum Gasteiger partial charge on any atom is 0.0762 e. The smallest absolute Gasteiger partial charge is 0.0762 e. The van der Waals surface area contributed by atoms with Crippen LogP contribution >= 0.6 is 31.9 Å². The molecule has 0 saturated heterocycles. The van der Waals surface area contributed by atoms with E-state index in [2.05, 4.69) is 74.3 Å². The first-order valence-electron chi connectivity index (χ1n) is 6.71. The molecule has 5 heteroatoms. The Hall–Kier alpha value is -0.650. The summed E-state index contributed by atoms with van der Waals surface area (Å²) < 4.78 is 4.06. The molecule has 1 heterocycles. The van der Waals surface area contributed by atoms with Gasteiger partial charge in [-0.1, -0.05) is 28.9 Å². The quantitative estimate of drug-likeness (QED) is 0.808. The van der Waals surface area contributed by atoms with Gasteiger partial charge in [0.15, 0.2) is 0 Å². The van der Waals surface area contributed by atoms with Crippen LogP contribution in [0.2, 0.25) is 0 Å². The van der Waals surface area contributed by atoms with E-state index in [0.717, 1.165) is 27.6 Å². The van der Waals surface area contributed by atoms with Gasteiger partial charge in [-0.2, -0.15) is 5.10 Å². The standard InChI is InChI=1S/C15H19Br2N3/c1-4-7-18-14(15-13(17)9-19-20(15)3)12-8-11(16)6-5-10(12)2/h5-6,8-9,14,18H,4,7H2,1-3H3. The fraction of sp³-hybridized carbons (Fsp3) is 0.400. The highest BCUT2D eigenvalue weighted by Crippen LogP contribution is 2.31. The van der Waals surface area contributed by atoms with E-state index in [1.807, 2.05) is 17.9 Å². The summed E-state index contributed by atoms with van der Waals surface area (Å²) in [6.07, 6.45) is 2.95. The topological polar surface area (TPSA) is 29.9 Å². The number of aryl methyl sites for hydroxylation is 2. The van der Waals surface area contributed by atoms with Crippen molar-refractivity contribution in [1.82, 2.24) is 15.1 Å². The fourth-order valence-electron chi connectivity index (χ4n) is 2.31. The van der Waals surface area contributed by atoms with Gasteiger partial charge in [-0.15, -0.1) is 0 Å². The third-order valence-electron chi connectivity index (χ3n) is 3.36. The van der Waals surface area contributed by atoms with Gasteiger partial charge in [0.1, 0.15) is 0 Å². The molecule has 0 saturated carbocycles. The normalized spacial score (nSPS) is 12.7. The van der Waals surface area contributed by atoms with Gasteiger partial charge < -0.3 is 5.32 Å². The number of hydrogen-bond acceptors (Lipinski definition) is 2. The van der Waals surface area contributed by atoms with Crippen LogP contribution in [-0.4, -0.2) is 16.3 Å². The summed E-state index contributed by atoms with van der Waals surface area (Å²) in [4.78, 5) is 0. The largest absolute Gasteiger partial charge is 0.305 e. The van der Waals surface area contributed by atoms with Crippen LogP contribution in [0.15, 0.2) is 33.3 Å². The molecule has 0 aliphatic heterocycles. The average Bonchev–Trinajstić information content (AvgIpc) is 2.74. The predicted octanol–water partition coefficient (Wildman–Crippen LogP) is 4.34. The molecule has 108 valence electrons. The number of hydrogen-bond donors (Lipinski definition) is 1. The first-order valence-corrected chi connectivity index (χ1v) is 8.30. The molecular weight excluding hydrogens is 382 g/mol. The molecule has 3 nitrogen and oxygen atoms in total. The number of rotatable bonds is 5. The number of benzene rings is 1. The van der Waals surface area contributed by atoms with Crippen molar-refractivity contribution in [3.05, 3.63) is 50.2 Å². The third-order valence-corrected chi connectivity index (χ3v) is 4.47. The number of aromatic nitrogens is 2. The van der Waals surface area contributed by atoms with Crippen LogP contribution in [0, 0.1) is 6.92 Å². The van der Waals surface area contributed by atoms with Crippen LogP contribution < -0.4 is 5.32 Å². The molecule has 20 heavy (non-hydrogen) atoms. The van der Waals surface area contributed by atoms with Crippen LogP contribution in [-0.2, 0) is 7.05 Å². The molecule has 2 rings (SSSR count). The summed E-state index contributed by atoms with van der Waals surface area (Å²) in [7, 11) is 1.98. The second-order valence-corrected chi connectivity index (χ2v) is 6.66. The Balaban J connectivity index is 2.50. The molecule has 0 radical (unpaired) electrons. The van der Waals surface area contributed by atoms with Crippen molar-refractivity contribution in [1.29, 1.82) is 0 Å². The number of nitrogens with zero attached hydrogens (tertiary/aromatic N) is 2. The van der Waals surface area contributed by atoms with E-state index < -0.39 is 0 Å². The lowest BCUT2D eigenvalue weighted by Gasteiger charge is -2.22. The lowest BCUT2D eigenvalue weighted by atomic mass is 9.98. The van der Waals surface area contributed by atoms with Crippen molar-refractivity contribution >= 4 is 31.9 Å². The minimum absolute atomic E-state index is 0.134. The molecule has 0 aliphatic carbocycles. The summed E-state index contributed by atoms with van der Waals surface area (Å²) in [5.41, 5.74) is 3.70. The maximum absolute atomic E-state index is 4.34. The molecule has 0 spiro atoms. The van der Waals surface area contributed by atoms with Gasteiger partial charge in [0, 0.05) is 11.5 Å². The second-order valence-electron chi connectivity index (χ2n) is 4.89. The molecule has 1 atom stereocenters. The molecule has 2 aromatic rings. The number of nitrogens with one attached hydrogen (secondary N) is 1. The van der Waals surface area contributed by atoms with Gasteiger partial charge in [0.05, 0.1) is 22.4 Å². The van der Waals surface area contributed by atoms with Crippen LogP contribution in [0.5, 0.6) is 0 Å². The lowest BCUT2D eigenvalue weighted by Crippen LogP contribution is -2.26. The van der Waals surface area contributed by atoms with Gasteiger partial charge in [0.25, 0.3) is 0 Å². The van der Waals surface area contributed by atoms with Gasteiger partial charge in [-0.3, -0.25) is 4.68 Å². The zero-order chi connectivity index (χ0) is 14.7. The van der Waals surface area contributed by atoms with Crippen molar-refractivity contribution in [3.8, 4) is 0 Å². The van der Waals surface area contributed by atoms with Gasteiger partial charge in [-0.25, -0.2) is 0 Å². The van der Waals surface area contributed by atoms with Crippen LogP contribution in [0.25, 0.3) is 0 Å². The summed E-state index contributed by atoms with van der Waals surface area (Å²) in [5, 5.41) is 7.97. The van der Waals surface area contributed by atoms with Gasteiger partial charge in [0.2, 0.25) is 0 Å². The first kappa shape index (κ1) is 15.7. The van der Waals surface area contributed by atoms with E-state index >= 15 is 0 Å². The van der Waals surface area contributed by atoms with Crippen molar-refractivity contribution in [2.45, 2.75) is 26.3 Å². The van der Waals surface area contributed by atoms with Crippen LogP contribution in [0.3, 0.4) is 0 Å². The van der Waals surface area contributed by atoms with Crippen LogP contribution in [0.1, 0.15) is 36.2 Å². The SMILES string of the molecule is CCCNC(c1cc(Br)ccc1C)c1c(Br)cnn1C. The van der Waals surface area contributed by atoms with Gasteiger partial charge >= 0.3 is 0 Å². The highest BCUT2D eigenvalue weighted by atomic mass is 79.9. The second kappa shape index (κ2) is 6.87. The summed E-state index contributed by atoms with van der Waals surface area (Å²) in [6, 6.07) is 6.54. The molecule has 1 aromatic carbocycles. The molecule has 1 N–H and O–H groups in total. The zero-order valence-corrected chi connectivity index (χ0v) is 15.1. The Morgan fingerprint density at radius 1 is 1.35 bits per heavy atom. The highest BCUT2D eigenvalue weighted by Gasteiger charge is 2.21.